The first kappa shape index (κ1) is 17.8. The van der Waals surface area contributed by atoms with Gasteiger partial charge in [0.25, 0.3) is 0 Å². The van der Waals surface area contributed by atoms with E-state index < -0.39 is 17.5 Å². The lowest BCUT2D eigenvalue weighted by atomic mass is 9.75. The smallest absolute Gasteiger partial charge is 0.194 e. The van der Waals surface area contributed by atoms with Crippen LogP contribution in [0.2, 0.25) is 0 Å². The second-order valence-corrected chi connectivity index (χ2v) is 7.51. The van der Waals surface area contributed by atoms with E-state index in [2.05, 4.69) is 6.92 Å². The minimum Gasteiger partial charge on any atom is -0.378 e. The minimum absolute atomic E-state index is 0.127. The molecule has 24 heavy (non-hydrogen) atoms. The second kappa shape index (κ2) is 7.90. The Labute approximate surface area is 142 Å². The van der Waals surface area contributed by atoms with Crippen molar-refractivity contribution in [3.05, 3.63) is 35.1 Å². The van der Waals surface area contributed by atoms with Crippen molar-refractivity contribution in [1.82, 2.24) is 0 Å². The first-order valence-corrected chi connectivity index (χ1v) is 9.34. The number of hydrogen-bond donors (Lipinski definition) is 0. The van der Waals surface area contributed by atoms with Crippen LogP contribution >= 0.6 is 0 Å². The zero-order valence-electron chi connectivity index (χ0n) is 14.4. The van der Waals surface area contributed by atoms with Crippen LogP contribution in [-0.2, 0) is 4.74 Å². The summed E-state index contributed by atoms with van der Waals surface area (Å²) in [4.78, 5) is 0. The Morgan fingerprint density at radius 2 is 1.62 bits per heavy atom. The SMILES string of the molecule is CCC[C@H]1CC[C@H](C2CCC(c3cc(F)c(F)c(F)c3)CC2)OC1. The summed E-state index contributed by atoms with van der Waals surface area (Å²) in [6.07, 6.45) is 9.05. The van der Waals surface area contributed by atoms with Gasteiger partial charge in [-0.2, -0.15) is 0 Å². The molecule has 0 bridgehead atoms. The third-order valence-electron chi connectivity index (χ3n) is 5.88. The fourth-order valence-electron chi connectivity index (χ4n) is 4.47. The molecule has 4 heteroatoms. The monoisotopic (exact) mass is 340 g/mol. The van der Waals surface area contributed by atoms with Gasteiger partial charge in [0.05, 0.1) is 6.10 Å². The van der Waals surface area contributed by atoms with Gasteiger partial charge in [-0.25, -0.2) is 13.2 Å². The van der Waals surface area contributed by atoms with E-state index in [1.165, 1.54) is 19.3 Å². The van der Waals surface area contributed by atoms with Crippen LogP contribution in [0.3, 0.4) is 0 Å². The van der Waals surface area contributed by atoms with Crippen LogP contribution < -0.4 is 0 Å². The number of ether oxygens (including phenoxy) is 1. The maximum absolute atomic E-state index is 13.4. The number of halogens is 3. The van der Waals surface area contributed by atoms with Gasteiger partial charge >= 0.3 is 0 Å². The molecular weight excluding hydrogens is 313 g/mol. The molecule has 1 aromatic carbocycles. The average molecular weight is 340 g/mol. The summed E-state index contributed by atoms with van der Waals surface area (Å²) in [6, 6.07) is 2.33. The van der Waals surface area contributed by atoms with E-state index in [1.807, 2.05) is 0 Å². The molecule has 0 amide bonds. The Hall–Kier alpha value is -1.03. The van der Waals surface area contributed by atoms with Gasteiger partial charge < -0.3 is 4.74 Å². The number of rotatable bonds is 4. The maximum Gasteiger partial charge on any atom is 0.194 e. The van der Waals surface area contributed by atoms with E-state index in [1.54, 1.807) is 0 Å². The Morgan fingerprint density at radius 3 is 2.17 bits per heavy atom. The second-order valence-electron chi connectivity index (χ2n) is 7.51. The van der Waals surface area contributed by atoms with Gasteiger partial charge in [0.1, 0.15) is 0 Å². The highest BCUT2D eigenvalue weighted by Crippen LogP contribution is 2.40. The van der Waals surface area contributed by atoms with E-state index in [0.29, 0.717) is 23.5 Å². The quantitative estimate of drug-likeness (QED) is 0.613. The molecule has 1 saturated heterocycles. The molecule has 0 N–H and O–H groups in total. The van der Waals surface area contributed by atoms with Crippen LogP contribution in [-0.4, -0.2) is 12.7 Å². The van der Waals surface area contributed by atoms with E-state index in [9.17, 15) is 13.2 Å². The van der Waals surface area contributed by atoms with Crippen molar-refractivity contribution in [1.29, 1.82) is 0 Å². The van der Waals surface area contributed by atoms with Crippen molar-refractivity contribution < 1.29 is 17.9 Å². The molecule has 1 aromatic rings. The molecule has 1 saturated carbocycles. The Kier molecular flexibility index (Phi) is 5.85. The highest BCUT2D eigenvalue weighted by atomic mass is 19.2. The zero-order valence-corrected chi connectivity index (χ0v) is 14.4. The molecule has 134 valence electrons. The molecule has 0 unspecified atom stereocenters. The van der Waals surface area contributed by atoms with Crippen LogP contribution in [0.1, 0.15) is 69.8 Å². The molecule has 3 rings (SSSR count). The van der Waals surface area contributed by atoms with E-state index in [4.69, 9.17) is 4.74 Å². The van der Waals surface area contributed by atoms with Crippen molar-refractivity contribution in [2.24, 2.45) is 11.8 Å². The lowest BCUT2D eigenvalue weighted by Crippen LogP contribution is -2.34. The molecule has 1 heterocycles. The molecule has 2 aliphatic rings. The van der Waals surface area contributed by atoms with E-state index in [-0.39, 0.29) is 5.92 Å². The standard InChI is InChI=1S/C20H27F3O/c1-2-3-13-4-9-19(24-12-13)15-7-5-14(6-8-15)16-10-17(21)20(23)18(22)11-16/h10-11,13-15,19H,2-9,12H2,1H3/t13-,14?,15?,19+/m0/s1. The summed E-state index contributed by atoms with van der Waals surface area (Å²) in [5.74, 6) is -2.13. The topological polar surface area (TPSA) is 9.23 Å². The lowest BCUT2D eigenvalue weighted by Gasteiger charge is -2.38. The summed E-state index contributed by atoms with van der Waals surface area (Å²) in [6.45, 7) is 3.10. The lowest BCUT2D eigenvalue weighted by molar-refractivity contribution is -0.0575. The normalized spacial score (nSPS) is 31.2. The van der Waals surface area contributed by atoms with Crippen LogP contribution in [0.15, 0.2) is 12.1 Å². The van der Waals surface area contributed by atoms with Crippen LogP contribution in [0, 0.1) is 29.3 Å². The summed E-state index contributed by atoms with van der Waals surface area (Å²) in [5, 5.41) is 0. The molecule has 0 spiro atoms. The van der Waals surface area contributed by atoms with Gasteiger partial charge in [-0.05, 0) is 80.4 Å². The van der Waals surface area contributed by atoms with Gasteiger partial charge in [0.15, 0.2) is 17.5 Å². The highest BCUT2D eigenvalue weighted by Gasteiger charge is 2.32. The summed E-state index contributed by atoms with van der Waals surface area (Å²) >= 11 is 0. The molecule has 1 aliphatic heterocycles. The summed E-state index contributed by atoms with van der Waals surface area (Å²) in [7, 11) is 0. The Bertz CT molecular complexity index is 521. The van der Waals surface area contributed by atoms with Crippen LogP contribution in [0.5, 0.6) is 0 Å². The zero-order chi connectivity index (χ0) is 17.1. The molecule has 2 atom stereocenters. The molecule has 1 aliphatic carbocycles. The van der Waals surface area contributed by atoms with Gasteiger partial charge in [0.2, 0.25) is 0 Å². The van der Waals surface area contributed by atoms with Gasteiger partial charge in [-0.3, -0.25) is 0 Å². The predicted molar refractivity (Wildman–Crippen MR) is 88.4 cm³/mol. The summed E-state index contributed by atoms with van der Waals surface area (Å²) < 4.78 is 46.1. The molecule has 2 fully saturated rings. The van der Waals surface area contributed by atoms with E-state index in [0.717, 1.165) is 50.8 Å². The predicted octanol–water partition coefficient (Wildman–Crippen LogP) is 5.97. The van der Waals surface area contributed by atoms with Crippen LogP contribution in [0.25, 0.3) is 0 Å². The molecule has 1 nitrogen and oxygen atoms in total. The van der Waals surface area contributed by atoms with Crippen molar-refractivity contribution in [3.8, 4) is 0 Å². The highest BCUT2D eigenvalue weighted by molar-refractivity contribution is 5.23. The third-order valence-corrected chi connectivity index (χ3v) is 5.88. The van der Waals surface area contributed by atoms with Crippen molar-refractivity contribution >= 4 is 0 Å². The fraction of sp³-hybridized carbons (Fsp3) is 0.700. The van der Waals surface area contributed by atoms with Crippen molar-refractivity contribution in [3.63, 3.8) is 0 Å². The van der Waals surface area contributed by atoms with E-state index >= 15 is 0 Å². The molecule has 0 aromatic heterocycles. The third kappa shape index (κ3) is 3.96. The number of benzene rings is 1. The maximum atomic E-state index is 13.4. The van der Waals surface area contributed by atoms with Gasteiger partial charge in [-0.1, -0.05) is 13.3 Å². The number of hydrogen-bond acceptors (Lipinski definition) is 1. The van der Waals surface area contributed by atoms with Crippen molar-refractivity contribution in [2.45, 2.75) is 70.3 Å². The van der Waals surface area contributed by atoms with Crippen molar-refractivity contribution in [2.75, 3.05) is 6.61 Å². The molecular formula is C20H27F3O. The average Bonchev–Trinajstić information content (AvgIpc) is 2.60. The van der Waals surface area contributed by atoms with Gasteiger partial charge in [-0.15, -0.1) is 0 Å². The summed E-state index contributed by atoms with van der Waals surface area (Å²) in [5.41, 5.74) is 0.595. The first-order valence-electron chi connectivity index (χ1n) is 9.34. The first-order chi connectivity index (χ1) is 11.6. The molecule has 0 radical (unpaired) electrons. The fourth-order valence-corrected chi connectivity index (χ4v) is 4.47. The Morgan fingerprint density at radius 1 is 0.958 bits per heavy atom. The minimum atomic E-state index is -1.37. The van der Waals surface area contributed by atoms with Crippen LogP contribution in [0.4, 0.5) is 13.2 Å². The van der Waals surface area contributed by atoms with Gasteiger partial charge in [0, 0.05) is 6.61 Å². The Balaban J connectivity index is 1.53. The largest absolute Gasteiger partial charge is 0.378 e.